The number of carboxylic acid groups (broad SMARTS) is 1. The van der Waals surface area contributed by atoms with Gasteiger partial charge in [0.1, 0.15) is 34.5 Å². The van der Waals surface area contributed by atoms with Crippen LogP contribution in [0.3, 0.4) is 0 Å². The Labute approximate surface area is 296 Å². The minimum absolute atomic E-state index is 0.0927. The second kappa shape index (κ2) is 15.4. The zero-order chi connectivity index (χ0) is 37.7. The summed E-state index contributed by atoms with van der Waals surface area (Å²) in [6.45, 7) is 10.1. The van der Waals surface area contributed by atoms with Crippen LogP contribution < -0.4 is 9.47 Å². The monoisotopic (exact) mass is 710 g/mol. The lowest BCUT2D eigenvalue weighted by molar-refractivity contribution is -0.149. The number of carbonyl (C=O) groups excluding carboxylic acids is 5. The second-order valence-electron chi connectivity index (χ2n) is 14.5. The summed E-state index contributed by atoms with van der Waals surface area (Å²) in [6.07, 6.45) is -0.353. The Morgan fingerprint density at radius 3 is 2.06 bits per heavy atom. The molecule has 2 atom stereocenters. The van der Waals surface area contributed by atoms with Crippen molar-refractivity contribution in [2.45, 2.75) is 96.4 Å². The summed E-state index contributed by atoms with van der Waals surface area (Å²) in [5, 5.41) is 10.2. The highest BCUT2D eigenvalue weighted by atomic mass is 16.6. The van der Waals surface area contributed by atoms with Gasteiger partial charge in [-0.05, 0) is 110 Å². The summed E-state index contributed by atoms with van der Waals surface area (Å²) in [7, 11) is 1.39. The third-order valence-corrected chi connectivity index (χ3v) is 8.34. The van der Waals surface area contributed by atoms with Crippen molar-refractivity contribution >= 4 is 35.7 Å². The third kappa shape index (κ3) is 9.56. The molecule has 2 saturated heterocycles. The van der Waals surface area contributed by atoms with Crippen LogP contribution in [0.15, 0.2) is 42.5 Å². The summed E-state index contributed by atoms with van der Waals surface area (Å²) in [5.41, 5.74) is -2.99. The first kappa shape index (κ1) is 38.7. The van der Waals surface area contributed by atoms with E-state index in [0.717, 1.165) is 4.90 Å². The number of aliphatic carboxylic acids is 1. The number of esters is 1. The Morgan fingerprint density at radius 2 is 1.45 bits per heavy atom. The van der Waals surface area contributed by atoms with Gasteiger partial charge in [0.2, 0.25) is 5.78 Å². The van der Waals surface area contributed by atoms with Crippen molar-refractivity contribution in [3.8, 4) is 17.2 Å². The quantitative estimate of drug-likeness (QED) is 0.163. The molecule has 0 aliphatic carbocycles. The Kier molecular flexibility index (Phi) is 11.7. The summed E-state index contributed by atoms with van der Waals surface area (Å²) in [5.74, 6) is -2.24. The topological polar surface area (TPSA) is 175 Å². The largest absolute Gasteiger partial charge is 0.496 e. The highest BCUT2D eigenvalue weighted by molar-refractivity contribution is 6.02. The van der Waals surface area contributed by atoms with Crippen molar-refractivity contribution < 1.29 is 57.6 Å². The van der Waals surface area contributed by atoms with Gasteiger partial charge in [0.25, 0.3) is 0 Å². The Morgan fingerprint density at radius 1 is 0.824 bits per heavy atom. The van der Waals surface area contributed by atoms with Gasteiger partial charge in [-0.1, -0.05) is 0 Å². The van der Waals surface area contributed by atoms with Crippen LogP contribution in [0.4, 0.5) is 9.59 Å². The van der Waals surface area contributed by atoms with Gasteiger partial charge in [-0.15, -0.1) is 0 Å². The number of amides is 2. The predicted octanol–water partition coefficient (Wildman–Crippen LogP) is 6.04. The Balaban J connectivity index is 1.41. The number of rotatable bonds is 11. The van der Waals surface area contributed by atoms with Gasteiger partial charge in [0.15, 0.2) is 17.9 Å². The molecule has 14 nitrogen and oxygen atoms in total. The lowest BCUT2D eigenvalue weighted by Crippen LogP contribution is -2.55. The van der Waals surface area contributed by atoms with Gasteiger partial charge >= 0.3 is 24.1 Å². The molecule has 14 heteroatoms. The van der Waals surface area contributed by atoms with Gasteiger partial charge in [-0.25, -0.2) is 19.2 Å². The molecule has 2 aromatic rings. The van der Waals surface area contributed by atoms with Crippen molar-refractivity contribution in [1.29, 1.82) is 0 Å². The van der Waals surface area contributed by atoms with E-state index < -0.39 is 71.5 Å². The molecule has 4 rings (SSSR count). The number of carbonyl (C=O) groups is 6. The lowest BCUT2D eigenvalue weighted by Gasteiger charge is -2.35. The number of nitrogens with zero attached hydrogens (tertiary/aromatic N) is 2. The first-order valence-electron chi connectivity index (χ1n) is 16.8. The number of ketones is 2. The molecular formula is C37H46N2O12. The van der Waals surface area contributed by atoms with Crippen molar-refractivity contribution in [2.75, 3.05) is 26.8 Å². The van der Waals surface area contributed by atoms with Crippen LogP contribution in [0.5, 0.6) is 17.2 Å². The standard InChI is InChI=1S/C37H46N2O12/c1-35(2,3)50-33(45)38-18-8-10-27(38)31(42)48-22-29(41)26-20-25(15-16-30(26)47-7)49-24-13-11-23(12-14-24)28(40)21-37(32(43)44)17-9-19-39(37)34(46)51-36(4,5)6/h11-16,20,27H,8-10,17-19,21-22H2,1-7H3,(H,43,44)/t27-,37+/m0/s1. The maximum atomic E-state index is 13.3. The minimum atomic E-state index is -1.73. The van der Waals surface area contributed by atoms with E-state index in [0.29, 0.717) is 31.6 Å². The van der Waals surface area contributed by atoms with Crippen LogP contribution in [0.1, 0.15) is 94.4 Å². The molecule has 1 N–H and O–H groups in total. The first-order valence-corrected chi connectivity index (χ1v) is 16.8. The van der Waals surface area contributed by atoms with Crippen LogP contribution in [0.25, 0.3) is 0 Å². The molecule has 0 spiro atoms. The molecule has 0 saturated carbocycles. The smallest absolute Gasteiger partial charge is 0.411 e. The van der Waals surface area contributed by atoms with Gasteiger partial charge in [-0.2, -0.15) is 0 Å². The fraction of sp³-hybridized carbons (Fsp3) is 0.514. The number of hydrogen-bond acceptors (Lipinski definition) is 11. The highest BCUT2D eigenvalue weighted by Crippen LogP contribution is 2.36. The molecule has 2 aliphatic heterocycles. The van der Waals surface area contributed by atoms with Crippen molar-refractivity contribution in [3.05, 3.63) is 53.6 Å². The maximum Gasteiger partial charge on any atom is 0.411 e. The first-order chi connectivity index (χ1) is 23.8. The average molecular weight is 711 g/mol. The van der Waals surface area contributed by atoms with Crippen LogP contribution in [-0.4, -0.2) is 100 Å². The molecule has 2 amide bonds. The van der Waals surface area contributed by atoms with Gasteiger partial charge in [-0.3, -0.25) is 19.4 Å². The fourth-order valence-corrected chi connectivity index (χ4v) is 5.99. The number of methoxy groups -OCH3 is 1. The number of ether oxygens (including phenoxy) is 5. The van der Waals surface area contributed by atoms with E-state index in [1.807, 2.05) is 0 Å². The molecule has 0 unspecified atom stereocenters. The molecule has 276 valence electrons. The van der Waals surface area contributed by atoms with Crippen LogP contribution in [0.2, 0.25) is 0 Å². The van der Waals surface area contributed by atoms with E-state index in [4.69, 9.17) is 23.7 Å². The molecule has 0 aromatic heterocycles. The van der Waals surface area contributed by atoms with Gasteiger partial charge in [0.05, 0.1) is 12.7 Å². The summed E-state index contributed by atoms with van der Waals surface area (Å²) in [4.78, 5) is 79.8. The zero-order valence-corrected chi connectivity index (χ0v) is 30.1. The van der Waals surface area contributed by atoms with Crippen molar-refractivity contribution in [1.82, 2.24) is 9.80 Å². The van der Waals surface area contributed by atoms with Gasteiger partial charge in [0, 0.05) is 25.1 Å². The molecule has 2 fully saturated rings. The number of carboxylic acids is 1. The number of likely N-dealkylation sites (tertiary alicyclic amines) is 2. The Hall–Kier alpha value is -5.14. The summed E-state index contributed by atoms with van der Waals surface area (Å²) < 4.78 is 27.4. The number of benzene rings is 2. The zero-order valence-electron chi connectivity index (χ0n) is 30.1. The Bertz CT molecular complexity index is 1660. The van der Waals surface area contributed by atoms with E-state index >= 15 is 0 Å². The highest BCUT2D eigenvalue weighted by Gasteiger charge is 2.52. The maximum absolute atomic E-state index is 13.3. The summed E-state index contributed by atoms with van der Waals surface area (Å²) >= 11 is 0. The van der Waals surface area contributed by atoms with E-state index in [1.54, 1.807) is 47.6 Å². The average Bonchev–Trinajstić information content (AvgIpc) is 3.71. The van der Waals surface area contributed by atoms with Crippen LogP contribution in [0, 0.1) is 0 Å². The van der Waals surface area contributed by atoms with E-state index in [2.05, 4.69) is 0 Å². The molecular weight excluding hydrogens is 664 g/mol. The van der Waals surface area contributed by atoms with Crippen molar-refractivity contribution in [2.24, 2.45) is 0 Å². The summed E-state index contributed by atoms with van der Waals surface area (Å²) in [6, 6.07) is 9.66. The molecule has 51 heavy (non-hydrogen) atoms. The van der Waals surface area contributed by atoms with Gasteiger partial charge < -0.3 is 28.8 Å². The molecule has 2 heterocycles. The fourth-order valence-electron chi connectivity index (χ4n) is 5.99. The second-order valence-corrected chi connectivity index (χ2v) is 14.5. The van der Waals surface area contributed by atoms with E-state index in [-0.39, 0.29) is 35.6 Å². The van der Waals surface area contributed by atoms with Crippen LogP contribution >= 0.6 is 0 Å². The third-order valence-electron chi connectivity index (χ3n) is 8.34. The molecule has 2 aliphatic rings. The lowest BCUT2D eigenvalue weighted by atomic mass is 9.88. The SMILES string of the molecule is COc1ccc(Oc2ccc(C(=O)C[C@@]3(C(=O)O)CCCN3C(=O)OC(C)(C)C)cc2)cc1C(=O)COC(=O)[C@@H]1CCCN1C(=O)OC(C)(C)C. The number of Topliss-reactive ketones (excluding diaryl/α,β-unsaturated/α-hetero) is 2. The van der Waals surface area contributed by atoms with Crippen LogP contribution in [-0.2, 0) is 23.8 Å². The number of hydrogen-bond donors (Lipinski definition) is 1. The minimum Gasteiger partial charge on any atom is -0.496 e. The predicted molar refractivity (Wildman–Crippen MR) is 182 cm³/mol. The normalized spacial score (nSPS) is 18.9. The van der Waals surface area contributed by atoms with E-state index in [9.17, 15) is 33.9 Å². The van der Waals surface area contributed by atoms with Crippen molar-refractivity contribution in [3.63, 3.8) is 0 Å². The molecule has 2 aromatic carbocycles. The van der Waals surface area contributed by atoms with E-state index in [1.165, 1.54) is 48.4 Å². The molecule has 0 radical (unpaired) electrons. The molecule has 0 bridgehead atoms.